The van der Waals surface area contributed by atoms with Gasteiger partial charge in [-0.1, -0.05) is 11.6 Å². The number of halogens is 1. The number of amides is 1. The van der Waals surface area contributed by atoms with Gasteiger partial charge in [0.25, 0.3) is 5.91 Å². The fourth-order valence-corrected chi connectivity index (χ4v) is 1.19. The summed E-state index contributed by atoms with van der Waals surface area (Å²) in [5.74, 6) is -0.416. The van der Waals surface area contributed by atoms with Gasteiger partial charge in [0.1, 0.15) is 5.60 Å². The molecule has 0 aromatic carbocycles. The zero-order valence-electron chi connectivity index (χ0n) is 8.77. The Balaban J connectivity index is 2.64. The molecule has 6 heteroatoms. The normalized spacial score (nSPS) is 14.2. The molecule has 1 aromatic heterocycles. The number of rotatable bonds is 4. The van der Waals surface area contributed by atoms with E-state index < -0.39 is 18.1 Å². The Labute approximate surface area is 98.1 Å². The molecule has 0 bridgehead atoms. The maximum absolute atomic E-state index is 11.6. The highest BCUT2D eigenvalue weighted by Crippen LogP contribution is 2.13. The van der Waals surface area contributed by atoms with E-state index in [-0.39, 0.29) is 17.1 Å². The van der Waals surface area contributed by atoms with Gasteiger partial charge in [0.05, 0.1) is 17.2 Å². The highest BCUT2D eigenvalue weighted by molar-refractivity contribution is 6.33. The zero-order chi connectivity index (χ0) is 12.2. The minimum absolute atomic E-state index is 0.0546. The van der Waals surface area contributed by atoms with Crippen LogP contribution in [-0.4, -0.2) is 39.9 Å². The van der Waals surface area contributed by atoms with Gasteiger partial charge < -0.3 is 15.5 Å². The lowest BCUT2D eigenvalue weighted by molar-refractivity contribution is 0.00320. The summed E-state index contributed by atoms with van der Waals surface area (Å²) in [5, 5.41) is 21.0. The van der Waals surface area contributed by atoms with Crippen LogP contribution in [0.4, 0.5) is 0 Å². The minimum atomic E-state index is -1.34. The van der Waals surface area contributed by atoms with Crippen molar-refractivity contribution < 1.29 is 15.0 Å². The number of hydrogen-bond donors (Lipinski definition) is 3. The highest BCUT2D eigenvalue weighted by Gasteiger charge is 2.20. The molecule has 0 fully saturated rings. The summed E-state index contributed by atoms with van der Waals surface area (Å²) in [6.45, 7) is 0.930. The molecule has 1 rings (SSSR count). The first-order valence-electron chi connectivity index (χ1n) is 4.67. The van der Waals surface area contributed by atoms with E-state index in [1.54, 1.807) is 0 Å². The Morgan fingerprint density at radius 3 is 2.94 bits per heavy atom. The molecule has 1 heterocycles. The number of pyridine rings is 1. The number of aliphatic hydroxyl groups is 2. The van der Waals surface area contributed by atoms with Gasteiger partial charge in [-0.05, 0) is 13.0 Å². The van der Waals surface area contributed by atoms with Crippen molar-refractivity contribution in [3.8, 4) is 0 Å². The summed E-state index contributed by atoms with van der Waals surface area (Å²) in [4.78, 5) is 15.4. The van der Waals surface area contributed by atoms with Crippen LogP contribution >= 0.6 is 11.6 Å². The van der Waals surface area contributed by atoms with Crippen molar-refractivity contribution in [1.82, 2.24) is 10.3 Å². The molecule has 0 saturated heterocycles. The van der Waals surface area contributed by atoms with Crippen LogP contribution in [0.3, 0.4) is 0 Å². The van der Waals surface area contributed by atoms with Crippen molar-refractivity contribution in [3.63, 3.8) is 0 Å². The monoisotopic (exact) mass is 244 g/mol. The smallest absolute Gasteiger partial charge is 0.253 e. The number of nitrogens with zero attached hydrogens (tertiary/aromatic N) is 1. The van der Waals surface area contributed by atoms with Crippen LogP contribution in [0.1, 0.15) is 17.3 Å². The van der Waals surface area contributed by atoms with Crippen LogP contribution in [0.2, 0.25) is 5.02 Å². The number of aliphatic hydroxyl groups excluding tert-OH is 1. The molecule has 1 amide bonds. The lowest BCUT2D eigenvalue weighted by Gasteiger charge is -2.20. The maximum atomic E-state index is 11.6. The zero-order valence-corrected chi connectivity index (χ0v) is 9.53. The lowest BCUT2D eigenvalue weighted by atomic mass is 10.1. The third-order valence-corrected chi connectivity index (χ3v) is 2.29. The summed E-state index contributed by atoms with van der Waals surface area (Å²) in [6, 6.07) is 1.48. The first kappa shape index (κ1) is 12.9. The first-order chi connectivity index (χ1) is 7.46. The topological polar surface area (TPSA) is 82.5 Å². The predicted octanol–water partition coefficient (Wildman–Crippen LogP) is 0.208. The Morgan fingerprint density at radius 1 is 1.69 bits per heavy atom. The molecule has 0 aliphatic heterocycles. The molecule has 1 atom stereocenters. The van der Waals surface area contributed by atoms with Gasteiger partial charge >= 0.3 is 0 Å². The van der Waals surface area contributed by atoms with Crippen LogP contribution in [0.15, 0.2) is 18.5 Å². The molecule has 88 valence electrons. The second kappa shape index (κ2) is 5.25. The third kappa shape index (κ3) is 3.44. The van der Waals surface area contributed by atoms with Crippen molar-refractivity contribution >= 4 is 17.5 Å². The van der Waals surface area contributed by atoms with Gasteiger partial charge in [-0.25, -0.2) is 0 Å². The van der Waals surface area contributed by atoms with E-state index >= 15 is 0 Å². The molecule has 3 N–H and O–H groups in total. The number of aromatic nitrogens is 1. The molecular formula is C10H13ClN2O3. The van der Waals surface area contributed by atoms with Crippen molar-refractivity contribution in [2.24, 2.45) is 0 Å². The van der Waals surface area contributed by atoms with Gasteiger partial charge in [0.2, 0.25) is 0 Å². The SMILES string of the molecule is CC(O)(CO)CNC(=O)c1ccncc1Cl. The summed E-state index contributed by atoms with van der Waals surface area (Å²) in [7, 11) is 0. The number of nitrogens with one attached hydrogen (secondary N) is 1. The minimum Gasteiger partial charge on any atom is -0.393 e. The predicted molar refractivity (Wildman–Crippen MR) is 59.3 cm³/mol. The summed E-state index contributed by atoms with van der Waals surface area (Å²) in [5.41, 5.74) is -1.06. The maximum Gasteiger partial charge on any atom is 0.253 e. The van der Waals surface area contributed by atoms with Crippen LogP contribution in [-0.2, 0) is 0 Å². The molecule has 0 radical (unpaired) electrons. The quantitative estimate of drug-likeness (QED) is 0.707. The molecule has 1 aromatic rings. The Hall–Kier alpha value is -1.17. The van der Waals surface area contributed by atoms with Crippen LogP contribution in [0.5, 0.6) is 0 Å². The molecule has 0 aliphatic rings. The fraction of sp³-hybridized carbons (Fsp3) is 0.400. The summed E-state index contributed by atoms with van der Waals surface area (Å²) < 4.78 is 0. The largest absolute Gasteiger partial charge is 0.393 e. The van der Waals surface area contributed by atoms with Crippen LogP contribution < -0.4 is 5.32 Å². The van der Waals surface area contributed by atoms with Crippen LogP contribution in [0, 0.1) is 0 Å². The first-order valence-corrected chi connectivity index (χ1v) is 5.05. The Kier molecular flexibility index (Phi) is 4.23. The van der Waals surface area contributed by atoms with Crippen molar-refractivity contribution in [2.45, 2.75) is 12.5 Å². The summed E-state index contributed by atoms with van der Waals surface area (Å²) >= 11 is 5.77. The van der Waals surface area contributed by atoms with Gasteiger partial charge in [0.15, 0.2) is 0 Å². The summed E-state index contributed by atoms with van der Waals surface area (Å²) in [6.07, 6.45) is 2.81. The fourth-order valence-electron chi connectivity index (χ4n) is 0.981. The molecule has 1 unspecified atom stereocenters. The number of carbonyl (C=O) groups excluding carboxylic acids is 1. The number of carbonyl (C=O) groups is 1. The molecule has 16 heavy (non-hydrogen) atoms. The van der Waals surface area contributed by atoms with E-state index in [0.717, 1.165) is 0 Å². The molecule has 0 aliphatic carbocycles. The van der Waals surface area contributed by atoms with E-state index in [9.17, 15) is 9.90 Å². The van der Waals surface area contributed by atoms with Gasteiger partial charge in [-0.15, -0.1) is 0 Å². The van der Waals surface area contributed by atoms with E-state index in [1.165, 1.54) is 25.4 Å². The molecule has 5 nitrogen and oxygen atoms in total. The van der Waals surface area contributed by atoms with Gasteiger partial charge in [0, 0.05) is 18.9 Å². The molecule has 0 spiro atoms. The second-order valence-corrected chi connectivity index (χ2v) is 4.10. The van der Waals surface area contributed by atoms with Gasteiger partial charge in [-0.2, -0.15) is 0 Å². The van der Waals surface area contributed by atoms with E-state index in [2.05, 4.69) is 10.3 Å². The van der Waals surface area contributed by atoms with E-state index in [0.29, 0.717) is 0 Å². The van der Waals surface area contributed by atoms with Crippen LogP contribution in [0.25, 0.3) is 0 Å². The van der Waals surface area contributed by atoms with E-state index in [1.807, 2.05) is 0 Å². The van der Waals surface area contributed by atoms with E-state index in [4.69, 9.17) is 16.7 Å². The Bertz CT molecular complexity index is 382. The third-order valence-electron chi connectivity index (χ3n) is 1.99. The average Bonchev–Trinajstić information content (AvgIpc) is 2.27. The Morgan fingerprint density at radius 2 is 2.38 bits per heavy atom. The van der Waals surface area contributed by atoms with Crippen molar-refractivity contribution in [1.29, 1.82) is 0 Å². The second-order valence-electron chi connectivity index (χ2n) is 3.69. The highest BCUT2D eigenvalue weighted by atomic mass is 35.5. The average molecular weight is 245 g/mol. The molecule has 0 saturated carbocycles. The molecular weight excluding hydrogens is 232 g/mol. The van der Waals surface area contributed by atoms with Crippen molar-refractivity contribution in [2.75, 3.05) is 13.2 Å². The van der Waals surface area contributed by atoms with Gasteiger partial charge in [-0.3, -0.25) is 9.78 Å². The van der Waals surface area contributed by atoms with Crippen molar-refractivity contribution in [3.05, 3.63) is 29.0 Å². The lowest BCUT2D eigenvalue weighted by Crippen LogP contribution is -2.43. The standard InChI is InChI=1S/C10H13ClN2O3/c1-10(16,6-14)5-13-9(15)7-2-3-12-4-8(7)11/h2-4,14,16H,5-6H2,1H3,(H,13,15). The number of hydrogen-bond acceptors (Lipinski definition) is 4.